The van der Waals surface area contributed by atoms with Crippen LogP contribution in [0, 0.1) is 15.2 Å². The van der Waals surface area contributed by atoms with E-state index in [0.29, 0.717) is 6.07 Å². The number of benzene rings is 1. The minimum Gasteiger partial charge on any atom is -0.505 e. The van der Waals surface area contributed by atoms with Gasteiger partial charge in [0.25, 0.3) is 0 Å². The predicted molar refractivity (Wildman–Crippen MR) is 40.7 cm³/mol. The van der Waals surface area contributed by atoms with Crippen molar-refractivity contribution in [1.29, 1.82) is 0 Å². The maximum atomic E-state index is 12.4. The lowest BCUT2D eigenvalue weighted by atomic mass is 10.3. The van der Waals surface area contributed by atoms with Crippen LogP contribution in [0.15, 0.2) is 12.1 Å². The average Bonchev–Trinajstić information content (AvgIpc) is 1.84. The van der Waals surface area contributed by atoms with Crippen LogP contribution in [0.5, 0.6) is 5.75 Å². The van der Waals surface area contributed by atoms with Crippen molar-refractivity contribution in [3.8, 4) is 5.75 Å². The first-order valence-corrected chi connectivity index (χ1v) is 3.52. The second-order valence-electron chi connectivity index (χ2n) is 1.72. The number of aromatic hydroxyl groups is 1. The van der Waals surface area contributed by atoms with E-state index in [1.54, 1.807) is 22.6 Å². The SMILES string of the molecule is Oc1cc(I)c(F)cc1F. The van der Waals surface area contributed by atoms with Crippen LogP contribution in [0.25, 0.3) is 0 Å². The molecule has 0 amide bonds. The zero-order valence-electron chi connectivity index (χ0n) is 4.74. The fourth-order valence-electron chi connectivity index (χ4n) is 0.512. The van der Waals surface area contributed by atoms with Crippen LogP contribution in [-0.4, -0.2) is 5.11 Å². The molecule has 0 atom stereocenters. The van der Waals surface area contributed by atoms with Gasteiger partial charge in [-0.25, -0.2) is 8.78 Å². The Hall–Kier alpha value is -0.390. The summed E-state index contributed by atoms with van der Waals surface area (Å²) in [4.78, 5) is 0. The molecule has 0 aliphatic heterocycles. The summed E-state index contributed by atoms with van der Waals surface area (Å²) in [6.45, 7) is 0. The molecule has 0 heterocycles. The number of phenols is 1. The van der Waals surface area contributed by atoms with Gasteiger partial charge in [0.1, 0.15) is 5.82 Å². The van der Waals surface area contributed by atoms with E-state index >= 15 is 0 Å². The third-order valence-corrected chi connectivity index (χ3v) is 1.82. The molecule has 4 heteroatoms. The molecule has 1 nitrogen and oxygen atoms in total. The van der Waals surface area contributed by atoms with Gasteiger partial charge in [0.2, 0.25) is 0 Å². The van der Waals surface area contributed by atoms with E-state index in [9.17, 15) is 8.78 Å². The van der Waals surface area contributed by atoms with Crippen LogP contribution in [-0.2, 0) is 0 Å². The molecule has 0 aromatic heterocycles. The molecular formula is C6H3F2IO. The van der Waals surface area contributed by atoms with Crippen molar-refractivity contribution in [2.24, 2.45) is 0 Å². The van der Waals surface area contributed by atoms with Gasteiger partial charge in [-0.05, 0) is 28.7 Å². The maximum Gasteiger partial charge on any atom is 0.167 e. The standard InChI is InChI=1S/C6H3F2IO/c7-3-1-4(8)6(10)2-5(3)9/h1-2,10H. The molecule has 0 saturated heterocycles. The van der Waals surface area contributed by atoms with Crippen LogP contribution in [0.3, 0.4) is 0 Å². The Bertz CT molecular complexity index is 212. The Morgan fingerprint density at radius 2 is 1.80 bits per heavy atom. The number of hydrogen-bond acceptors (Lipinski definition) is 1. The molecule has 0 bridgehead atoms. The molecule has 0 fully saturated rings. The molecule has 10 heavy (non-hydrogen) atoms. The molecule has 0 aliphatic carbocycles. The minimum absolute atomic E-state index is 0.205. The lowest BCUT2D eigenvalue weighted by molar-refractivity contribution is 0.427. The van der Waals surface area contributed by atoms with Crippen molar-refractivity contribution in [3.05, 3.63) is 27.3 Å². The maximum absolute atomic E-state index is 12.4. The molecule has 0 unspecified atom stereocenters. The highest BCUT2D eigenvalue weighted by Gasteiger charge is 2.05. The lowest BCUT2D eigenvalue weighted by Crippen LogP contribution is -1.84. The van der Waals surface area contributed by atoms with Gasteiger partial charge in [0.05, 0.1) is 3.57 Å². The number of phenolic OH excluding ortho intramolecular Hbond substituents is 1. The Kier molecular flexibility index (Phi) is 2.08. The number of hydrogen-bond donors (Lipinski definition) is 1. The first kappa shape index (κ1) is 7.71. The van der Waals surface area contributed by atoms with Crippen molar-refractivity contribution >= 4 is 22.6 Å². The molecule has 1 N–H and O–H groups in total. The summed E-state index contributed by atoms with van der Waals surface area (Å²) in [5.41, 5.74) is 0. The summed E-state index contributed by atoms with van der Waals surface area (Å²) in [6.07, 6.45) is 0. The molecule has 0 radical (unpaired) electrons. The van der Waals surface area contributed by atoms with E-state index in [1.807, 2.05) is 0 Å². The van der Waals surface area contributed by atoms with Gasteiger partial charge in [0.15, 0.2) is 11.6 Å². The van der Waals surface area contributed by atoms with E-state index in [2.05, 4.69) is 0 Å². The van der Waals surface area contributed by atoms with E-state index in [1.165, 1.54) is 0 Å². The Labute approximate surface area is 69.8 Å². The van der Waals surface area contributed by atoms with E-state index in [-0.39, 0.29) is 3.57 Å². The van der Waals surface area contributed by atoms with Crippen molar-refractivity contribution in [1.82, 2.24) is 0 Å². The van der Waals surface area contributed by atoms with Crippen molar-refractivity contribution in [3.63, 3.8) is 0 Å². The summed E-state index contributed by atoms with van der Waals surface area (Å²) in [7, 11) is 0. The highest BCUT2D eigenvalue weighted by Crippen LogP contribution is 2.20. The summed E-state index contributed by atoms with van der Waals surface area (Å²) in [5, 5.41) is 8.68. The predicted octanol–water partition coefficient (Wildman–Crippen LogP) is 2.28. The van der Waals surface area contributed by atoms with Crippen molar-refractivity contribution in [2.45, 2.75) is 0 Å². The van der Waals surface area contributed by atoms with Crippen LogP contribution in [0.2, 0.25) is 0 Å². The Morgan fingerprint density at radius 3 is 2.30 bits per heavy atom. The van der Waals surface area contributed by atoms with Crippen LogP contribution >= 0.6 is 22.6 Å². The topological polar surface area (TPSA) is 20.2 Å². The van der Waals surface area contributed by atoms with E-state index in [4.69, 9.17) is 5.11 Å². The molecule has 1 rings (SSSR count). The molecule has 0 saturated carbocycles. The molecular weight excluding hydrogens is 253 g/mol. The molecule has 1 aromatic carbocycles. The zero-order valence-corrected chi connectivity index (χ0v) is 6.89. The normalized spacial score (nSPS) is 9.90. The van der Waals surface area contributed by atoms with Crippen LogP contribution in [0.4, 0.5) is 8.78 Å². The first-order valence-electron chi connectivity index (χ1n) is 2.45. The average molecular weight is 256 g/mol. The summed E-state index contributed by atoms with van der Waals surface area (Å²) >= 11 is 1.66. The highest BCUT2D eigenvalue weighted by atomic mass is 127. The molecule has 0 spiro atoms. The molecule has 1 aromatic rings. The fourth-order valence-corrected chi connectivity index (χ4v) is 0.963. The fraction of sp³-hybridized carbons (Fsp3) is 0. The van der Waals surface area contributed by atoms with Gasteiger partial charge in [0, 0.05) is 6.07 Å². The van der Waals surface area contributed by atoms with Crippen LogP contribution in [0.1, 0.15) is 0 Å². The summed E-state index contributed by atoms with van der Waals surface area (Å²) < 4.78 is 24.9. The smallest absolute Gasteiger partial charge is 0.167 e. The van der Waals surface area contributed by atoms with Gasteiger partial charge in [-0.1, -0.05) is 0 Å². The summed E-state index contributed by atoms with van der Waals surface area (Å²) in [5.74, 6) is -2.11. The second-order valence-corrected chi connectivity index (χ2v) is 2.88. The lowest BCUT2D eigenvalue weighted by Gasteiger charge is -1.96. The van der Waals surface area contributed by atoms with Gasteiger partial charge >= 0.3 is 0 Å². The van der Waals surface area contributed by atoms with Crippen molar-refractivity contribution in [2.75, 3.05) is 0 Å². The van der Waals surface area contributed by atoms with E-state index < -0.39 is 17.4 Å². The number of rotatable bonds is 0. The van der Waals surface area contributed by atoms with Gasteiger partial charge < -0.3 is 5.11 Å². The summed E-state index contributed by atoms with van der Waals surface area (Å²) in [6, 6.07) is 1.68. The quantitative estimate of drug-likeness (QED) is 0.557. The van der Waals surface area contributed by atoms with Gasteiger partial charge in [-0.2, -0.15) is 0 Å². The van der Waals surface area contributed by atoms with Crippen molar-refractivity contribution < 1.29 is 13.9 Å². The Morgan fingerprint density at radius 1 is 1.20 bits per heavy atom. The Balaban J connectivity index is 3.28. The monoisotopic (exact) mass is 256 g/mol. The highest BCUT2D eigenvalue weighted by molar-refractivity contribution is 14.1. The first-order chi connectivity index (χ1) is 4.61. The minimum atomic E-state index is -0.932. The molecule has 54 valence electrons. The largest absolute Gasteiger partial charge is 0.505 e. The van der Waals surface area contributed by atoms with Gasteiger partial charge in [-0.15, -0.1) is 0 Å². The van der Waals surface area contributed by atoms with E-state index in [0.717, 1.165) is 6.07 Å². The third kappa shape index (κ3) is 1.36. The van der Waals surface area contributed by atoms with Gasteiger partial charge in [-0.3, -0.25) is 0 Å². The number of halogens is 3. The second kappa shape index (κ2) is 2.69. The third-order valence-electron chi connectivity index (χ3n) is 0.990. The molecule has 0 aliphatic rings. The van der Waals surface area contributed by atoms with Crippen LogP contribution < -0.4 is 0 Å². The zero-order chi connectivity index (χ0) is 7.72.